The molecule has 0 aliphatic carbocycles. The number of hydrogen-bond acceptors (Lipinski definition) is 10. The lowest BCUT2D eigenvalue weighted by Crippen LogP contribution is -2.40. The molecule has 1 aliphatic rings. The molecule has 4 rings (SSSR count). The summed E-state index contributed by atoms with van der Waals surface area (Å²) in [6.45, 7) is 1.01. The first-order valence-electron chi connectivity index (χ1n) is 11.8. The summed E-state index contributed by atoms with van der Waals surface area (Å²) in [6, 6.07) is 18.1. The molecule has 0 saturated carbocycles. The molecule has 1 atom stereocenters. The predicted octanol–water partition coefficient (Wildman–Crippen LogP) is 2.15. The third-order valence-electron chi connectivity index (χ3n) is 6.03. The van der Waals surface area contributed by atoms with Crippen molar-refractivity contribution in [1.82, 2.24) is 5.32 Å². The summed E-state index contributed by atoms with van der Waals surface area (Å²) in [7, 11) is -5.44. The van der Waals surface area contributed by atoms with Crippen molar-refractivity contribution in [1.29, 1.82) is 0 Å². The molecule has 1 unspecified atom stereocenters. The Kier molecular flexibility index (Phi) is 8.07. The molecule has 3 aromatic rings. The third kappa shape index (κ3) is 5.83. The largest absolute Gasteiger partial charge is 0.493 e. The fourth-order valence-corrected chi connectivity index (χ4v) is 6.17. The molecule has 0 aromatic heterocycles. The van der Waals surface area contributed by atoms with E-state index in [1.54, 1.807) is 48.5 Å². The zero-order valence-electron chi connectivity index (χ0n) is 21.0. The van der Waals surface area contributed by atoms with Gasteiger partial charge in [0.15, 0.2) is 17.2 Å². The summed E-state index contributed by atoms with van der Waals surface area (Å²) < 4.78 is 61.1. The van der Waals surface area contributed by atoms with E-state index in [1.165, 1.54) is 37.9 Å². The molecule has 0 amide bonds. The highest BCUT2D eigenvalue weighted by atomic mass is 32.2. The minimum Gasteiger partial charge on any atom is -0.493 e. The second-order valence-corrected chi connectivity index (χ2v) is 12.9. The van der Waals surface area contributed by atoms with Gasteiger partial charge in [0.1, 0.15) is 16.4 Å². The van der Waals surface area contributed by atoms with Crippen molar-refractivity contribution in [2.45, 2.75) is 15.5 Å². The molecule has 0 fully saturated rings. The molecule has 4 N–H and O–H groups in total. The van der Waals surface area contributed by atoms with E-state index in [-0.39, 0.29) is 22.2 Å². The number of nitrogens with zero attached hydrogens (tertiary/aromatic N) is 1. The molecule has 0 saturated heterocycles. The average molecular weight is 559 g/mol. The molecule has 10 nitrogen and oxygen atoms in total. The maximum atomic E-state index is 13.6. The number of ether oxygens (including phenoxy) is 2. The maximum Gasteiger partial charge on any atom is 0.207 e. The average Bonchev–Trinajstić information content (AvgIpc) is 2.90. The van der Waals surface area contributed by atoms with Gasteiger partial charge < -0.3 is 20.1 Å². The highest BCUT2D eigenvalue weighted by Gasteiger charge is 2.39. The molecule has 38 heavy (non-hydrogen) atoms. The van der Waals surface area contributed by atoms with Crippen molar-refractivity contribution in [3.63, 3.8) is 0 Å². The fourth-order valence-electron chi connectivity index (χ4n) is 4.11. The van der Waals surface area contributed by atoms with Crippen molar-refractivity contribution < 1.29 is 26.3 Å². The summed E-state index contributed by atoms with van der Waals surface area (Å²) >= 11 is 0. The molecule has 202 valence electrons. The number of benzene rings is 3. The van der Waals surface area contributed by atoms with Crippen LogP contribution >= 0.6 is 0 Å². The third-order valence-corrected chi connectivity index (χ3v) is 8.80. The lowest BCUT2D eigenvalue weighted by atomic mass is 9.89. The van der Waals surface area contributed by atoms with Gasteiger partial charge in [-0.15, -0.1) is 0 Å². The number of nitrogens with two attached hydrogens (primary N) is 1. The van der Waals surface area contributed by atoms with E-state index in [2.05, 4.69) is 15.6 Å². The molecule has 12 heteroatoms. The van der Waals surface area contributed by atoms with Gasteiger partial charge in [-0.2, -0.15) is 0 Å². The molecular formula is C26H30N4O6S2. The van der Waals surface area contributed by atoms with Crippen molar-refractivity contribution in [2.75, 3.05) is 44.1 Å². The number of anilines is 1. The predicted molar refractivity (Wildman–Crippen MR) is 146 cm³/mol. The van der Waals surface area contributed by atoms with Crippen LogP contribution in [0.3, 0.4) is 0 Å². The molecule has 0 bridgehead atoms. The number of rotatable bonds is 11. The summed E-state index contributed by atoms with van der Waals surface area (Å²) in [6.07, 6.45) is 2.61. The van der Waals surface area contributed by atoms with Gasteiger partial charge in [0, 0.05) is 36.5 Å². The van der Waals surface area contributed by atoms with E-state index in [9.17, 15) is 16.8 Å². The Bertz CT molecular complexity index is 1540. The molecular weight excluding hydrogens is 528 g/mol. The number of nitrogens with one attached hydrogen (secondary N) is 2. The van der Waals surface area contributed by atoms with Gasteiger partial charge in [0.05, 0.1) is 34.7 Å². The first-order valence-corrected chi connectivity index (χ1v) is 15.3. The SMILES string of the molecule is COc1cc2c(cc1OCCNCCS(C)(=O)=O)NC=NC2(N)c1ccccc1S(=O)(=O)c1ccccc1. The van der Waals surface area contributed by atoms with E-state index < -0.39 is 25.3 Å². The number of fused-ring (bicyclic) bond motifs is 1. The topological polar surface area (TPSA) is 149 Å². The monoisotopic (exact) mass is 558 g/mol. The quantitative estimate of drug-likeness (QED) is 0.301. The van der Waals surface area contributed by atoms with Crippen LogP contribution < -0.4 is 25.8 Å². The van der Waals surface area contributed by atoms with Gasteiger partial charge in [-0.3, -0.25) is 5.73 Å². The van der Waals surface area contributed by atoms with E-state index in [1.807, 2.05) is 0 Å². The van der Waals surface area contributed by atoms with Crippen LogP contribution in [0.4, 0.5) is 5.69 Å². The van der Waals surface area contributed by atoms with Crippen LogP contribution in [-0.2, 0) is 25.3 Å². The molecule has 0 spiro atoms. The summed E-state index contributed by atoms with van der Waals surface area (Å²) in [5.41, 5.74) is 6.74. The van der Waals surface area contributed by atoms with Crippen LogP contribution in [0.1, 0.15) is 11.1 Å². The van der Waals surface area contributed by atoms with Crippen molar-refractivity contribution in [3.05, 3.63) is 77.9 Å². The van der Waals surface area contributed by atoms with Gasteiger partial charge in [-0.1, -0.05) is 36.4 Å². The van der Waals surface area contributed by atoms with E-state index in [0.717, 1.165) is 0 Å². The number of aliphatic imine (C=N–C) groups is 1. The summed E-state index contributed by atoms with van der Waals surface area (Å²) in [4.78, 5) is 4.69. The zero-order chi connectivity index (χ0) is 27.4. The maximum absolute atomic E-state index is 13.6. The first kappa shape index (κ1) is 27.6. The Balaban J connectivity index is 1.65. The van der Waals surface area contributed by atoms with Gasteiger partial charge >= 0.3 is 0 Å². The summed E-state index contributed by atoms with van der Waals surface area (Å²) in [5, 5.41) is 6.08. The van der Waals surface area contributed by atoms with Gasteiger partial charge in [-0.25, -0.2) is 21.8 Å². The number of sulfone groups is 2. The smallest absolute Gasteiger partial charge is 0.207 e. The van der Waals surface area contributed by atoms with Crippen molar-refractivity contribution in [2.24, 2.45) is 10.7 Å². The van der Waals surface area contributed by atoms with Crippen LogP contribution in [0.2, 0.25) is 0 Å². The minimum absolute atomic E-state index is 0.0401. The van der Waals surface area contributed by atoms with Crippen LogP contribution in [0, 0.1) is 0 Å². The normalized spacial score (nSPS) is 16.9. The fraction of sp³-hybridized carbons (Fsp3) is 0.269. The Labute approximate surface area is 222 Å². The van der Waals surface area contributed by atoms with Crippen molar-refractivity contribution in [3.8, 4) is 11.5 Å². The summed E-state index contributed by atoms with van der Waals surface area (Å²) in [5.74, 6) is 0.863. The van der Waals surface area contributed by atoms with Gasteiger partial charge in [0.25, 0.3) is 0 Å². The molecule has 1 aliphatic heterocycles. The number of hydrogen-bond donors (Lipinski definition) is 3. The Morgan fingerprint density at radius 1 is 0.947 bits per heavy atom. The van der Waals surface area contributed by atoms with Crippen LogP contribution in [0.15, 0.2) is 81.5 Å². The van der Waals surface area contributed by atoms with Crippen molar-refractivity contribution >= 4 is 31.7 Å². The highest BCUT2D eigenvalue weighted by molar-refractivity contribution is 7.91. The van der Waals surface area contributed by atoms with Crippen LogP contribution in [0.5, 0.6) is 11.5 Å². The van der Waals surface area contributed by atoms with Crippen LogP contribution in [-0.4, -0.2) is 62.0 Å². The molecule has 3 aromatic carbocycles. The van der Waals surface area contributed by atoms with E-state index >= 15 is 0 Å². The van der Waals surface area contributed by atoms with E-state index in [4.69, 9.17) is 15.2 Å². The Hall–Kier alpha value is -3.45. The Morgan fingerprint density at radius 2 is 1.66 bits per heavy atom. The van der Waals surface area contributed by atoms with Gasteiger partial charge in [-0.05, 0) is 24.3 Å². The van der Waals surface area contributed by atoms with E-state index in [0.29, 0.717) is 41.4 Å². The second-order valence-electron chi connectivity index (χ2n) is 8.76. The Morgan fingerprint density at radius 3 is 2.37 bits per heavy atom. The van der Waals surface area contributed by atoms with Gasteiger partial charge in [0.2, 0.25) is 9.84 Å². The number of methoxy groups -OCH3 is 1. The zero-order valence-corrected chi connectivity index (χ0v) is 22.7. The lowest BCUT2D eigenvalue weighted by Gasteiger charge is -2.33. The van der Waals surface area contributed by atoms with Crippen LogP contribution in [0.25, 0.3) is 0 Å². The highest BCUT2D eigenvalue weighted by Crippen LogP contribution is 2.44. The second kappa shape index (κ2) is 11.1. The molecule has 1 heterocycles. The standard InChI is InChI=1S/C26H30N4O6S2/c1-35-23-16-21-22(17-24(23)36-14-12-28-13-15-37(2,31)32)29-18-30-26(21,27)20-10-6-7-11-25(20)38(33,34)19-8-4-3-5-9-19/h3-11,16-18,28H,12-15,27H2,1-2H3,(H,29,30). The lowest BCUT2D eigenvalue weighted by molar-refractivity contribution is 0.293. The first-order chi connectivity index (χ1) is 18.1. The molecule has 0 radical (unpaired) electrons. The minimum atomic E-state index is -3.89.